The van der Waals surface area contributed by atoms with E-state index < -0.39 is 0 Å². The SMILES string of the molecule is CN(C)C1CCCN(Cc2ccc(CNC(C)(C)C)s2)C1. The predicted molar refractivity (Wildman–Crippen MR) is 92.9 cm³/mol. The molecule has 0 radical (unpaired) electrons. The number of rotatable bonds is 5. The Morgan fingerprint density at radius 1 is 1.29 bits per heavy atom. The molecule has 2 rings (SSSR count). The summed E-state index contributed by atoms with van der Waals surface area (Å²) in [6.07, 6.45) is 2.67. The molecule has 3 nitrogen and oxygen atoms in total. The largest absolute Gasteiger partial charge is 0.307 e. The maximum Gasteiger partial charge on any atom is 0.0328 e. The topological polar surface area (TPSA) is 18.5 Å². The normalized spacial score (nSPS) is 21.1. The van der Waals surface area contributed by atoms with Crippen molar-refractivity contribution >= 4 is 11.3 Å². The van der Waals surface area contributed by atoms with Crippen LogP contribution in [0.25, 0.3) is 0 Å². The summed E-state index contributed by atoms with van der Waals surface area (Å²) in [4.78, 5) is 7.93. The van der Waals surface area contributed by atoms with Gasteiger partial charge in [0.25, 0.3) is 0 Å². The van der Waals surface area contributed by atoms with Gasteiger partial charge in [-0.2, -0.15) is 0 Å². The summed E-state index contributed by atoms with van der Waals surface area (Å²) in [5.41, 5.74) is 0.190. The first kappa shape index (κ1) is 16.9. The number of likely N-dealkylation sites (N-methyl/N-ethyl adjacent to an activating group) is 1. The van der Waals surface area contributed by atoms with Gasteiger partial charge in [0.15, 0.2) is 0 Å². The summed E-state index contributed by atoms with van der Waals surface area (Å²) in [7, 11) is 4.41. The second-order valence-corrected chi connectivity index (χ2v) is 8.72. The highest BCUT2D eigenvalue weighted by molar-refractivity contribution is 7.11. The average Bonchev–Trinajstić information content (AvgIpc) is 2.83. The summed E-state index contributed by atoms with van der Waals surface area (Å²) in [6.45, 7) is 11.2. The van der Waals surface area contributed by atoms with Crippen molar-refractivity contribution in [3.05, 3.63) is 21.9 Å². The van der Waals surface area contributed by atoms with Gasteiger partial charge in [-0.15, -0.1) is 11.3 Å². The van der Waals surface area contributed by atoms with E-state index >= 15 is 0 Å². The van der Waals surface area contributed by atoms with Crippen molar-refractivity contribution in [1.82, 2.24) is 15.1 Å². The Labute approximate surface area is 134 Å². The minimum Gasteiger partial charge on any atom is -0.307 e. The van der Waals surface area contributed by atoms with Crippen LogP contribution in [0.4, 0.5) is 0 Å². The van der Waals surface area contributed by atoms with Crippen LogP contribution in [0.1, 0.15) is 43.4 Å². The molecule has 1 unspecified atom stereocenters. The maximum absolute atomic E-state index is 3.57. The van der Waals surface area contributed by atoms with Crippen molar-refractivity contribution in [2.45, 2.75) is 58.3 Å². The van der Waals surface area contributed by atoms with Gasteiger partial charge in [0.2, 0.25) is 0 Å². The van der Waals surface area contributed by atoms with Crippen LogP contribution in [0.15, 0.2) is 12.1 Å². The molecule has 1 fully saturated rings. The third-order valence-electron chi connectivity index (χ3n) is 4.10. The molecule has 4 heteroatoms. The van der Waals surface area contributed by atoms with Crippen LogP contribution in [0, 0.1) is 0 Å². The van der Waals surface area contributed by atoms with Gasteiger partial charge in [-0.25, -0.2) is 0 Å². The molecule has 1 aliphatic rings. The van der Waals surface area contributed by atoms with E-state index in [1.165, 1.54) is 35.7 Å². The zero-order chi connectivity index (χ0) is 15.5. The van der Waals surface area contributed by atoms with Gasteiger partial charge in [0.05, 0.1) is 0 Å². The van der Waals surface area contributed by atoms with Crippen molar-refractivity contribution in [3.63, 3.8) is 0 Å². The molecule has 1 N–H and O–H groups in total. The number of likely N-dealkylation sites (tertiary alicyclic amines) is 1. The zero-order valence-electron chi connectivity index (χ0n) is 14.3. The van der Waals surface area contributed by atoms with Gasteiger partial charge in [-0.1, -0.05) is 0 Å². The van der Waals surface area contributed by atoms with Crippen LogP contribution in [0.2, 0.25) is 0 Å². The molecule has 1 aliphatic heterocycles. The third kappa shape index (κ3) is 5.70. The molecule has 0 amide bonds. The van der Waals surface area contributed by atoms with E-state index in [-0.39, 0.29) is 5.54 Å². The van der Waals surface area contributed by atoms with Gasteiger partial charge in [0.1, 0.15) is 0 Å². The maximum atomic E-state index is 3.57. The van der Waals surface area contributed by atoms with E-state index in [9.17, 15) is 0 Å². The lowest BCUT2D eigenvalue weighted by molar-refractivity contribution is 0.129. The molecule has 1 atom stereocenters. The Morgan fingerprint density at radius 2 is 2.00 bits per heavy atom. The smallest absolute Gasteiger partial charge is 0.0328 e. The second-order valence-electron chi connectivity index (χ2n) is 7.47. The van der Waals surface area contributed by atoms with Crippen LogP contribution in [0.3, 0.4) is 0 Å². The Kier molecular flexibility index (Phi) is 5.83. The van der Waals surface area contributed by atoms with E-state index in [2.05, 4.69) is 62.1 Å². The molecular formula is C17H31N3S. The van der Waals surface area contributed by atoms with Crippen molar-refractivity contribution < 1.29 is 0 Å². The highest BCUT2D eigenvalue weighted by Gasteiger charge is 2.21. The first-order chi connectivity index (χ1) is 9.83. The fourth-order valence-corrected chi connectivity index (χ4v) is 3.77. The lowest BCUT2D eigenvalue weighted by Crippen LogP contribution is -2.44. The van der Waals surface area contributed by atoms with Crippen molar-refractivity contribution in [2.24, 2.45) is 0 Å². The summed E-state index contributed by atoms with van der Waals surface area (Å²) in [6, 6.07) is 5.32. The quantitative estimate of drug-likeness (QED) is 0.901. The highest BCUT2D eigenvalue weighted by atomic mass is 32.1. The lowest BCUT2D eigenvalue weighted by atomic mass is 10.1. The molecule has 120 valence electrons. The van der Waals surface area contributed by atoms with E-state index in [1.54, 1.807) is 0 Å². The van der Waals surface area contributed by atoms with Gasteiger partial charge >= 0.3 is 0 Å². The summed E-state index contributed by atoms with van der Waals surface area (Å²) >= 11 is 1.96. The highest BCUT2D eigenvalue weighted by Crippen LogP contribution is 2.22. The molecule has 1 aromatic heterocycles. The minimum atomic E-state index is 0.190. The van der Waals surface area contributed by atoms with Crippen LogP contribution in [-0.2, 0) is 13.1 Å². The van der Waals surface area contributed by atoms with Crippen LogP contribution >= 0.6 is 11.3 Å². The molecule has 21 heavy (non-hydrogen) atoms. The van der Waals surface area contributed by atoms with E-state index in [1.807, 2.05) is 11.3 Å². The number of piperidine rings is 1. The summed E-state index contributed by atoms with van der Waals surface area (Å²) in [5, 5.41) is 3.57. The predicted octanol–water partition coefficient (Wildman–Crippen LogP) is 3.16. The average molecular weight is 310 g/mol. The molecule has 1 aromatic rings. The first-order valence-corrected chi connectivity index (χ1v) is 8.86. The van der Waals surface area contributed by atoms with Gasteiger partial charge in [-0.3, -0.25) is 4.90 Å². The van der Waals surface area contributed by atoms with E-state index in [4.69, 9.17) is 0 Å². The number of thiophene rings is 1. The summed E-state index contributed by atoms with van der Waals surface area (Å²) in [5.74, 6) is 0. The number of nitrogens with zero attached hydrogens (tertiary/aromatic N) is 2. The van der Waals surface area contributed by atoms with E-state index in [0.717, 1.165) is 19.1 Å². The van der Waals surface area contributed by atoms with Crippen LogP contribution < -0.4 is 5.32 Å². The fraction of sp³-hybridized carbons (Fsp3) is 0.765. The van der Waals surface area contributed by atoms with E-state index in [0.29, 0.717) is 0 Å². The number of nitrogens with one attached hydrogen (secondary N) is 1. The molecule has 1 saturated heterocycles. The van der Waals surface area contributed by atoms with Crippen LogP contribution in [-0.4, -0.2) is 48.6 Å². The van der Waals surface area contributed by atoms with Crippen molar-refractivity contribution in [3.8, 4) is 0 Å². The number of hydrogen-bond donors (Lipinski definition) is 1. The summed E-state index contributed by atoms with van der Waals surface area (Å²) < 4.78 is 0. The van der Waals surface area contributed by atoms with Gasteiger partial charge in [-0.05, 0) is 66.4 Å². The van der Waals surface area contributed by atoms with Gasteiger partial charge < -0.3 is 10.2 Å². The Hall–Kier alpha value is -0.420. The molecule has 0 spiro atoms. The first-order valence-electron chi connectivity index (χ1n) is 8.05. The monoisotopic (exact) mass is 309 g/mol. The van der Waals surface area contributed by atoms with Crippen LogP contribution in [0.5, 0.6) is 0 Å². The Balaban J connectivity index is 1.84. The zero-order valence-corrected chi connectivity index (χ0v) is 15.1. The Bertz CT molecular complexity index is 433. The standard InChI is InChI=1S/C17H31N3S/c1-17(2,3)18-11-15-8-9-16(21-15)13-20-10-6-7-14(12-20)19(4)5/h8-9,14,18H,6-7,10-13H2,1-5H3. The Morgan fingerprint density at radius 3 is 2.67 bits per heavy atom. The lowest BCUT2D eigenvalue weighted by Gasteiger charge is -2.35. The molecule has 0 saturated carbocycles. The molecule has 2 heterocycles. The van der Waals surface area contributed by atoms with Gasteiger partial charge in [0, 0.05) is 41.0 Å². The molecule has 0 aromatic carbocycles. The molecule has 0 bridgehead atoms. The third-order valence-corrected chi connectivity index (χ3v) is 5.17. The second kappa shape index (κ2) is 7.23. The van der Waals surface area contributed by atoms with Crippen molar-refractivity contribution in [1.29, 1.82) is 0 Å². The fourth-order valence-electron chi connectivity index (χ4n) is 2.77. The number of hydrogen-bond acceptors (Lipinski definition) is 4. The molecule has 0 aliphatic carbocycles. The minimum absolute atomic E-state index is 0.190. The van der Waals surface area contributed by atoms with Crippen molar-refractivity contribution in [2.75, 3.05) is 27.2 Å². The molecular weight excluding hydrogens is 278 g/mol.